The molecule has 2 heterocycles. The highest BCUT2D eigenvalue weighted by molar-refractivity contribution is 7.84. The summed E-state index contributed by atoms with van der Waals surface area (Å²) >= 11 is 12.6. The van der Waals surface area contributed by atoms with E-state index in [1.165, 1.54) is 0 Å². The molecule has 0 saturated heterocycles. The van der Waals surface area contributed by atoms with Crippen molar-refractivity contribution < 1.29 is 13.0 Å². The van der Waals surface area contributed by atoms with Crippen molar-refractivity contribution in [2.75, 3.05) is 11.4 Å². The summed E-state index contributed by atoms with van der Waals surface area (Å²) in [5, 5.41) is 9.68. The van der Waals surface area contributed by atoms with E-state index >= 15 is 0 Å². The number of hydrogen-bond acceptors (Lipinski definition) is 5. The number of benzene rings is 2. The van der Waals surface area contributed by atoms with Crippen LogP contribution in [0.2, 0.25) is 10.0 Å². The van der Waals surface area contributed by atoms with Crippen molar-refractivity contribution in [3.8, 4) is 11.3 Å². The van der Waals surface area contributed by atoms with Gasteiger partial charge in [0.25, 0.3) is 10.1 Å². The van der Waals surface area contributed by atoms with E-state index in [0.717, 1.165) is 21.7 Å². The number of aromatic nitrogens is 3. The van der Waals surface area contributed by atoms with Crippen molar-refractivity contribution in [2.45, 2.75) is 12.3 Å². The topological polar surface area (TPSA) is 88.3 Å². The number of rotatable bonds is 3. The van der Waals surface area contributed by atoms with Gasteiger partial charge in [0.15, 0.2) is 5.88 Å². The van der Waals surface area contributed by atoms with Gasteiger partial charge in [-0.2, -0.15) is 23.4 Å². The predicted octanol–water partition coefficient (Wildman–Crippen LogP) is 3.79. The molecule has 1 aliphatic heterocycles. The van der Waals surface area contributed by atoms with Crippen LogP contribution in [0.25, 0.3) is 11.3 Å². The lowest BCUT2D eigenvalue weighted by atomic mass is 10.1. The molecule has 1 N–H and O–H groups in total. The van der Waals surface area contributed by atoms with Crippen molar-refractivity contribution in [3.63, 3.8) is 0 Å². The molecule has 0 spiro atoms. The van der Waals surface area contributed by atoms with E-state index in [1.807, 2.05) is 41.3 Å². The molecule has 0 unspecified atom stereocenters. The van der Waals surface area contributed by atoms with E-state index in [2.05, 4.69) is 10.2 Å². The Morgan fingerprint density at radius 3 is 2.59 bits per heavy atom. The van der Waals surface area contributed by atoms with Crippen LogP contribution in [-0.2, 0) is 22.4 Å². The molecule has 1 aromatic heterocycles. The van der Waals surface area contributed by atoms with E-state index < -0.39 is 16.0 Å². The summed E-state index contributed by atoms with van der Waals surface area (Å²) in [4.78, 5) is 3.03. The third-order valence-electron chi connectivity index (χ3n) is 4.22. The zero-order valence-electron chi connectivity index (χ0n) is 13.9. The van der Waals surface area contributed by atoms with Gasteiger partial charge in [-0.3, -0.25) is 4.55 Å². The minimum Gasteiger partial charge on any atom is -0.339 e. The molecule has 0 aliphatic carbocycles. The highest BCUT2D eigenvalue weighted by atomic mass is 35.5. The zero-order valence-corrected chi connectivity index (χ0v) is 16.2. The van der Waals surface area contributed by atoms with Crippen LogP contribution >= 0.6 is 23.2 Å². The van der Waals surface area contributed by atoms with Gasteiger partial charge in [0, 0.05) is 23.6 Å². The van der Waals surface area contributed by atoms with Crippen molar-refractivity contribution in [1.82, 2.24) is 15.0 Å². The molecule has 10 heteroatoms. The normalized spacial score (nSPS) is 13.8. The molecule has 2 aromatic carbocycles. The molecule has 0 amide bonds. The fourth-order valence-electron chi connectivity index (χ4n) is 3.15. The maximum atomic E-state index is 11.2. The second kappa shape index (κ2) is 6.79. The molecule has 3 aromatic rings. The quantitative estimate of drug-likeness (QED) is 0.643. The summed E-state index contributed by atoms with van der Waals surface area (Å²) in [6, 6.07) is 12.9. The molecular formula is C17H14Cl2N4O3S. The van der Waals surface area contributed by atoms with E-state index in [1.54, 1.807) is 6.07 Å². The molecule has 27 heavy (non-hydrogen) atoms. The Labute approximate surface area is 165 Å². The summed E-state index contributed by atoms with van der Waals surface area (Å²) in [6.07, 6.45) is 0.512. The average molecular weight is 425 g/mol. The first-order chi connectivity index (χ1) is 12.8. The fraction of sp³-hybridized carbons (Fsp3) is 0.176. The van der Waals surface area contributed by atoms with Gasteiger partial charge in [-0.15, -0.1) is 0 Å². The third kappa shape index (κ3) is 3.66. The average Bonchev–Trinajstić information content (AvgIpc) is 2.91. The van der Waals surface area contributed by atoms with Gasteiger partial charge in [0.2, 0.25) is 0 Å². The minimum atomic E-state index is -4.24. The lowest BCUT2D eigenvalue weighted by Gasteiger charge is -2.26. The van der Waals surface area contributed by atoms with Gasteiger partial charge in [-0.05, 0) is 30.3 Å². The summed E-state index contributed by atoms with van der Waals surface area (Å²) in [5.74, 6) is -0.697. The summed E-state index contributed by atoms with van der Waals surface area (Å²) in [6.45, 7) is 0.550. The van der Waals surface area contributed by atoms with E-state index in [4.69, 9.17) is 27.8 Å². The number of fused-ring (bicyclic) bond motifs is 3. The predicted molar refractivity (Wildman–Crippen MR) is 104 cm³/mol. The Morgan fingerprint density at radius 2 is 1.85 bits per heavy atom. The van der Waals surface area contributed by atoms with Crippen LogP contribution in [-0.4, -0.2) is 34.5 Å². The molecular weight excluding hydrogens is 411 g/mol. The van der Waals surface area contributed by atoms with Crippen molar-refractivity contribution in [1.29, 1.82) is 0 Å². The Kier molecular flexibility index (Phi) is 4.59. The Morgan fingerprint density at radius 1 is 1.07 bits per heavy atom. The fourth-order valence-corrected chi connectivity index (χ4v) is 3.96. The first-order valence-corrected chi connectivity index (χ1v) is 10.4. The zero-order chi connectivity index (χ0) is 19.2. The number of hydrogen-bond donors (Lipinski definition) is 1. The number of halogens is 2. The van der Waals surface area contributed by atoms with Gasteiger partial charge in [0.1, 0.15) is 5.69 Å². The van der Waals surface area contributed by atoms with Crippen molar-refractivity contribution >= 4 is 44.7 Å². The van der Waals surface area contributed by atoms with Gasteiger partial charge >= 0.3 is 0 Å². The highest BCUT2D eigenvalue weighted by Crippen LogP contribution is 2.41. The standard InChI is InChI=1S/C17H14Cl2N4O3S/c18-11-5-6-12-16(9-11)22(15-4-2-1-3-13(15)19)8-7-14-17(12)21-23(20-14)10-27(24,25)26/h1-6,9H,7-8,10H2,(H,24,25,26). The smallest absolute Gasteiger partial charge is 0.287 e. The van der Waals surface area contributed by atoms with E-state index in [-0.39, 0.29) is 0 Å². The molecule has 140 valence electrons. The summed E-state index contributed by atoms with van der Waals surface area (Å²) in [7, 11) is -4.24. The Hall–Kier alpha value is -2.13. The Bertz CT molecular complexity index is 1130. The van der Waals surface area contributed by atoms with Gasteiger partial charge in [-0.25, -0.2) is 0 Å². The van der Waals surface area contributed by atoms with E-state index in [0.29, 0.717) is 34.4 Å². The molecule has 0 saturated carbocycles. The molecule has 0 radical (unpaired) electrons. The molecule has 4 rings (SSSR count). The minimum absolute atomic E-state index is 0.512. The van der Waals surface area contributed by atoms with Crippen LogP contribution in [0.15, 0.2) is 42.5 Å². The van der Waals surface area contributed by atoms with Crippen LogP contribution in [0.5, 0.6) is 0 Å². The first kappa shape index (κ1) is 18.2. The maximum Gasteiger partial charge on any atom is 0.287 e. The molecule has 7 nitrogen and oxygen atoms in total. The third-order valence-corrected chi connectivity index (χ3v) is 5.34. The number of anilines is 2. The number of para-hydroxylation sites is 1. The monoisotopic (exact) mass is 424 g/mol. The second-order valence-corrected chi connectivity index (χ2v) is 8.36. The lowest BCUT2D eigenvalue weighted by Crippen LogP contribution is -2.20. The molecule has 0 atom stereocenters. The largest absolute Gasteiger partial charge is 0.339 e. The van der Waals surface area contributed by atoms with Crippen LogP contribution in [0.3, 0.4) is 0 Å². The van der Waals surface area contributed by atoms with Crippen LogP contribution in [0.1, 0.15) is 5.69 Å². The van der Waals surface area contributed by atoms with Crippen LogP contribution in [0, 0.1) is 0 Å². The Balaban J connectivity index is 1.87. The van der Waals surface area contributed by atoms with Crippen molar-refractivity contribution in [3.05, 3.63) is 58.2 Å². The molecule has 0 fully saturated rings. The van der Waals surface area contributed by atoms with Gasteiger partial charge in [0.05, 0.1) is 22.1 Å². The first-order valence-electron chi connectivity index (χ1n) is 8.03. The van der Waals surface area contributed by atoms with Crippen LogP contribution < -0.4 is 4.90 Å². The summed E-state index contributed by atoms with van der Waals surface area (Å²) in [5.41, 5.74) is 3.58. The highest BCUT2D eigenvalue weighted by Gasteiger charge is 2.26. The van der Waals surface area contributed by atoms with E-state index in [9.17, 15) is 8.42 Å². The lowest BCUT2D eigenvalue weighted by molar-refractivity contribution is 0.457. The van der Waals surface area contributed by atoms with Gasteiger partial charge in [-0.1, -0.05) is 35.3 Å². The summed E-state index contributed by atoms with van der Waals surface area (Å²) < 4.78 is 31.4. The number of nitrogens with zero attached hydrogens (tertiary/aromatic N) is 4. The second-order valence-electron chi connectivity index (χ2n) is 6.09. The van der Waals surface area contributed by atoms with Crippen LogP contribution in [0.4, 0.5) is 11.4 Å². The van der Waals surface area contributed by atoms with Crippen molar-refractivity contribution in [2.24, 2.45) is 0 Å². The molecule has 0 bridgehead atoms. The SMILES string of the molecule is O=S(=O)(O)Cn1nc2c(n1)-c1ccc(Cl)cc1N(c1ccccc1Cl)CC2. The van der Waals surface area contributed by atoms with Gasteiger partial charge < -0.3 is 4.90 Å². The maximum absolute atomic E-state index is 11.2. The molecule has 1 aliphatic rings.